The second-order valence-electron chi connectivity index (χ2n) is 7.10. The van der Waals surface area contributed by atoms with Crippen LogP contribution in [0.15, 0.2) is 42.0 Å². The summed E-state index contributed by atoms with van der Waals surface area (Å²) in [5, 5.41) is 3.92. The molecular weight excluding hydrogens is 338 g/mol. The van der Waals surface area contributed by atoms with Crippen LogP contribution < -0.4 is 10.2 Å². The third-order valence-electron chi connectivity index (χ3n) is 4.60. The van der Waals surface area contributed by atoms with Gasteiger partial charge in [0.2, 0.25) is 5.91 Å². The molecular formula is C21H27N5O. The Labute approximate surface area is 160 Å². The third kappa shape index (κ3) is 4.71. The van der Waals surface area contributed by atoms with E-state index in [0.29, 0.717) is 0 Å². The average molecular weight is 365 g/mol. The molecule has 6 heteroatoms. The monoisotopic (exact) mass is 365 g/mol. The molecule has 0 bridgehead atoms. The number of hydrogen-bond acceptors (Lipinski definition) is 5. The molecule has 1 aliphatic heterocycles. The van der Waals surface area contributed by atoms with Gasteiger partial charge in [-0.1, -0.05) is 17.7 Å². The van der Waals surface area contributed by atoms with Crippen LogP contribution in [0, 0.1) is 6.92 Å². The second-order valence-corrected chi connectivity index (χ2v) is 7.10. The van der Waals surface area contributed by atoms with Crippen LogP contribution in [0.3, 0.4) is 0 Å². The summed E-state index contributed by atoms with van der Waals surface area (Å²) >= 11 is 0. The largest absolute Gasteiger partial charge is 0.352 e. The molecule has 27 heavy (non-hydrogen) atoms. The van der Waals surface area contributed by atoms with E-state index in [2.05, 4.69) is 33.2 Å². The number of aromatic nitrogens is 2. The predicted molar refractivity (Wildman–Crippen MR) is 111 cm³/mol. The van der Waals surface area contributed by atoms with Crippen molar-refractivity contribution in [2.24, 2.45) is 0 Å². The number of rotatable bonds is 5. The van der Waals surface area contributed by atoms with Crippen LogP contribution in [-0.2, 0) is 4.79 Å². The van der Waals surface area contributed by atoms with E-state index >= 15 is 0 Å². The van der Waals surface area contributed by atoms with Gasteiger partial charge in [0, 0.05) is 36.8 Å². The fraction of sp³-hybridized carbons (Fsp3) is 0.381. The van der Waals surface area contributed by atoms with Gasteiger partial charge < -0.3 is 15.1 Å². The maximum Gasteiger partial charge on any atom is 0.248 e. The molecule has 1 fully saturated rings. The van der Waals surface area contributed by atoms with Gasteiger partial charge in [-0.05, 0) is 52.6 Å². The van der Waals surface area contributed by atoms with Gasteiger partial charge in [-0.3, -0.25) is 4.79 Å². The zero-order valence-corrected chi connectivity index (χ0v) is 16.5. The van der Waals surface area contributed by atoms with Gasteiger partial charge >= 0.3 is 0 Å². The van der Waals surface area contributed by atoms with E-state index in [1.54, 1.807) is 6.08 Å². The summed E-state index contributed by atoms with van der Waals surface area (Å²) < 4.78 is 0. The predicted octanol–water partition coefficient (Wildman–Crippen LogP) is 3.15. The fourth-order valence-corrected chi connectivity index (χ4v) is 3.20. The molecule has 142 valence electrons. The number of aryl methyl sites for hydroxylation is 1. The number of carbonyl (C=O) groups excluding carboxylic acids is 1. The maximum absolute atomic E-state index is 12.1. The molecule has 0 aliphatic carbocycles. The topological polar surface area (TPSA) is 61.4 Å². The summed E-state index contributed by atoms with van der Waals surface area (Å²) in [5.74, 6) is 1.57. The molecule has 2 heterocycles. The van der Waals surface area contributed by atoms with E-state index in [0.717, 1.165) is 54.3 Å². The van der Waals surface area contributed by atoms with E-state index in [9.17, 15) is 4.79 Å². The van der Waals surface area contributed by atoms with Crippen LogP contribution in [0.4, 0.5) is 11.5 Å². The molecule has 1 aromatic heterocycles. The molecule has 0 saturated carbocycles. The lowest BCUT2D eigenvalue weighted by molar-refractivity contribution is -0.111. The lowest BCUT2D eigenvalue weighted by Gasteiger charge is -2.19. The fourth-order valence-electron chi connectivity index (χ4n) is 3.20. The molecule has 1 saturated heterocycles. The van der Waals surface area contributed by atoms with Crippen molar-refractivity contribution in [2.45, 2.75) is 20.3 Å². The summed E-state index contributed by atoms with van der Waals surface area (Å²) in [6, 6.07) is 5.82. The minimum absolute atomic E-state index is 0.139. The molecule has 2 aromatic rings. The molecule has 1 amide bonds. The number of fused-ring (bicyclic) bond motifs is 1. The number of nitrogens with one attached hydrogen (secondary N) is 1. The van der Waals surface area contributed by atoms with Crippen LogP contribution in [0.2, 0.25) is 0 Å². The average Bonchev–Trinajstić information content (AvgIpc) is 3.09. The number of amides is 1. The van der Waals surface area contributed by atoms with Crippen LogP contribution in [0.5, 0.6) is 0 Å². The van der Waals surface area contributed by atoms with E-state index in [1.807, 2.05) is 50.2 Å². The number of allylic oxidation sites excluding steroid dienone is 1. The summed E-state index contributed by atoms with van der Waals surface area (Å²) in [4.78, 5) is 25.6. The summed E-state index contributed by atoms with van der Waals surface area (Å²) in [6.45, 7) is 6.61. The molecule has 1 N–H and O–H groups in total. The molecule has 0 spiro atoms. The summed E-state index contributed by atoms with van der Waals surface area (Å²) in [5.41, 5.74) is 3.02. The van der Waals surface area contributed by atoms with Crippen molar-refractivity contribution < 1.29 is 4.79 Å². The number of hydrogen-bond donors (Lipinski definition) is 1. The number of carbonyl (C=O) groups is 1. The van der Waals surface area contributed by atoms with Gasteiger partial charge in [0.1, 0.15) is 11.6 Å². The molecule has 0 radical (unpaired) electrons. The summed E-state index contributed by atoms with van der Waals surface area (Å²) in [6.07, 6.45) is 6.67. The summed E-state index contributed by atoms with van der Waals surface area (Å²) in [7, 11) is 3.93. The van der Waals surface area contributed by atoms with Gasteiger partial charge in [0.05, 0.1) is 5.52 Å². The highest BCUT2D eigenvalue weighted by atomic mass is 16.1. The van der Waals surface area contributed by atoms with Crippen molar-refractivity contribution in [3.8, 4) is 0 Å². The Morgan fingerprint density at radius 3 is 2.85 bits per heavy atom. The Morgan fingerprint density at radius 1 is 1.33 bits per heavy atom. The Bertz CT molecular complexity index is 901. The first-order valence-corrected chi connectivity index (χ1v) is 9.26. The first-order chi connectivity index (χ1) is 13.0. The van der Waals surface area contributed by atoms with Crippen molar-refractivity contribution in [3.05, 3.63) is 47.8 Å². The van der Waals surface area contributed by atoms with Gasteiger partial charge in [-0.2, -0.15) is 0 Å². The minimum atomic E-state index is -0.139. The van der Waals surface area contributed by atoms with Gasteiger partial charge in [0.25, 0.3) is 0 Å². The Morgan fingerprint density at radius 2 is 2.15 bits per heavy atom. The SMILES string of the molecule is C/C=C1/CCN(c2nc(C)nc3cc(NC(=O)/C=C/CN(C)C)ccc23)C1. The van der Waals surface area contributed by atoms with Crippen molar-refractivity contribution in [2.75, 3.05) is 43.9 Å². The number of benzene rings is 1. The quantitative estimate of drug-likeness (QED) is 0.651. The Hall–Kier alpha value is -2.73. The highest BCUT2D eigenvalue weighted by Gasteiger charge is 2.20. The maximum atomic E-state index is 12.1. The lowest BCUT2D eigenvalue weighted by atomic mass is 10.2. The van der Waals surface area contributed by atoms with Crippen molar-refractivity contribution in [1.82, 2.24) is 14.9 Å². The number of nitrogens with zero attached hydrogens (tertiary/aromatic N) is 4. The van der Waals surface area contributed by atoms with Crippen LogP contribution >= 0.6 is 0 Å². The van der Waals surface area contributed by atoms with E-state index in [4.69, 9.17) is 0 Å². The van der Waals surface area contributed by atoms with E-state index in [-0.39, 0.29) is 5.91 Å². The van der Waals surface area contributed by atoms with Crippen LogP contribution in [0.25, 0.3) is 10.9 Å². The number of likely N-dealkylation sites (N-methyl/N-ethyl adjacent to an activating group) is 1. The first-order valence-electron chi connectivity index (χ1n) is 9.26. The molecule has 0 unspecified atom stereocenters. The van der Waals surface area contributed by atoms with Crippen LogP contribution in [0.1, 0.15) is 19.2 Å². The van der Waals surface area contributed by atoms with E-state index in [1.165, 1.54) is 5.57 Å². The zero-order chi connectivity index (χ0) is 19.4. The molecule has 1 aliphatic rings. The minimum Gasteiger partial charge on any atom is -0.352 e. The molecule has 3 rings (SSSR count). The lowest BCUT2D eigenvalue weighted by Crippen LogP contribution is -2.20. The van der Waals surface area contributed by atoms with Crippen molar-refractivity contribution in [3.63, 3.8) is 0 Å². The normalized spacial score (nSPS) is 16.2. The highest BCUT2D eigenvalue weighted by Crippen LogP contribution is 2.30. The zero-order valence-electron chi connectivity index (χ0n) is 16.5. The van der Waals surface area contributed by atoms with Crippen LogP contribution in [-0.4, -0.2) is 54.5 Å². The molecule has 0 atom stereocenters. The first kappa shape index (κ1) is 19.0. The molecule has 1 aromatic carbocycles. The highest BCUT2D eigenvalue weighted by molar-refractivity contribution is 6.01. The van der Waals surface area contributed by atoms with Gasteiger partial charge in [0.15, 0.2) is 0 Å². The van der Waals surface area contributed by atoms with Crippen molar-refractivity contribution >= 4 is 28.3 Å². The molecule has 6 nitrogen and oxygen atoms in total. The standard InChI is InChI=1S/C21H27N5O/c1-5-16-10-12-26(14-16)21-18-9-8-17(13-19(18)22-15(2)23-21)24-20(27)7-6-11-25(3)4/h5-9,13H,10-12,14H2,1-4H3,(H,24,27)/b7-6+,16-5-. The van der Waals surface area contributed by atoms with Gasteiger partial charge in [-0.25, -0.2) is 9.97 Å². The second kappa shape index (κ2) is 8.31. The Balaban J connectivity index is 1.83. The van der Waals surface area contributed by atoms with Crippen molar-refractivity contribution in [1.29, 1.82) is 0 Å². The smallest absolute Gasteiger partial charge is 0.248 e. The Kier molecular flexibility index (Phi) is 5.86. The van der Waals surface area contributed by atoms with E-state index < -0.39 is 0 Å². The van der Waals surface area contributed by atoms with Gasteiger partial charge in [-0.15, -0.1) is 0 Å². The number of anilines is 2. The third-order valence-corrected chi connectivity index (χ3v) is 4.60.